The summed E-state index contributed by atoms with van der Waals surface area (Å²) in [6.45, 7) is 3.54. The molecule has 28 heavy (non-hydrogen) atoms. The van der Waals surface area contributed by atoms with Crippen LogP contribution in [0.5, 0.6) is 5.75 Å². The molecule has 1 fully saturated rings. The Morgan fingerprint density at radius 1 is 1.21 bits per heavy atom. The van der Waals surface area contributed by atoms with Crippen LogP contribution >= 0.6 is 0 Å². The SMILES string of the molecule is CCOC(=O)C1CN(c2ccccc2S(=O)(=O)c2cccc(OC)c2)CCN1. The Balaban J connectivity index is 1.96. The van der Waals surface area contributed by atoms with Gasteiger partial charge >= 0.3 is 5.97 Å². The van der Waals surface area contributed by atoms with E-state index in [1.54, 1.807) is 49.4 Å². The van der Waals surface area contributed by atoms with Gasteiger partial charge in [-0.05, 0) is 37.3 Å². The number of sulfone groups is 1. The predicted molar refractivity (Wildman–Crippen MR) is 106 cm³/mol. The molecule has 1 N–H and O–H groups in total. The lowest BCUT2D eigenvalue weighted by molar-refractivity contribution is -0.145. The van der Waals surface area contributed by atoms with E-state index in [-0.39, 0.29) is 15.8 Å². The van der Waals surface area contributed by atoms with Gasteiger partial charge in [0, 0.05) is 19.6 Å². The molecule has 1 aliphatic rings. The number of anilines is 1. The number of rotatable bonds is 6. The predicted octanol–water partition coefficient (Wildman–Crippen LogP) is 1.87. The summed E-state index contributed by atoms with van der Waals surface area (Å²) < 4.78 is 36.8. The summed E-state index contributed by atoms with van der Waals surface area (Å²) in [5.74, 6) is 0.142. The summed E-state index contributed by atoms with van der Waals surface area (Å²) in [7, 11) is -2.26. The van der Waals surface area contributed by atoms with Crippen molar-refractivity contribution in [3.8, 4) is 5.75 Å². The highest BCUT2D eigenvalue weighted by molar-refractivity contribution is 7.91. The average molecular weight is 404 g/mol. The van der Waals surface area contributed by atoms with Crippen LogP contribution in [0, 0.1) is 0 Å². The average Bonchev–Trinajstić information content (AvgIpc) is 2.74. The zero-order valence-electron chi connectivity index (χ0n) is 15.9. The Morgan fingerprint density at radius 2 is 2.00 bits per heavy atom. The van der Waals surface area contributed by atoms with Crippen molar-refractivity contribution in [2.45, 2.75) is 22.8 Å². The van der Waals surface area contributed by atoms with Crippen molar-refractivity contribution in [2.24, 2.45) is 0 Å². The van der Waals surface area contributed by atoms with Crippen LogP contribution in [-0.2, 0) is 19.4 Å². The molecule has 0 aliphatic carbocycles. The second-order valence-corrected chi connectivity index (χ2v) is 8.27. The number of hydrogen-bond acceptors (Lipinski definition) is 7. The zero-order chi connectivity index (χ0) is 20.1. The van der Waals surface area contributed by atoms with Crippen molar-refractivity contribution in [3.05, 3.63) is 48.5 Å². The van der Waals surface area contributed by atoms with E-state index >= 15 is 0 Å². The zero-order valence-corrected chi connectivity index (χ0v) is 16.7. The fourth-order valence-electron chi connectivity index (χ4n) is 3.21. The van der Waals surface area contributed by atoms with E-state index in [4.69, 9.17) is 9.47 Å². The molecule has 1 aliphatic heterocycles. The van der Waals surface area contributed by atoms with Crippen molar-refractivity contribution >= 4 is 21.5 Å². The summed E-state index contributed by atoms with van der Waals surface area (Å²) in [6, 6.07) is 12.7. The topological polar surface area (TPSA) is 84.9 Å². The number of nitrogens with one attached hydrogen (secondary N) is 1. The van der Waals surface area contributed by atoms with Gasteiger partial charge in [-0.15, -0.1) is 0 Å². The first-order valence-electron chi connectivity index (χ1n) is 9.10. The number of esters is 1. The van der Waals surface area contributed by atoms with Crippen LogP contribution in [0.1, 0.15) is 6.92 Å². The molecule has 1 unspecified atom stereocenters. The van der Waals surface area contributed by atoms with Crippen molar-refractivity contribution < 1.29 is 22.7 Å². The van der Waals surface area contributed by atoms with Gasteiger partial charge in [0.05, 0.1) is 29.2 Å². The molecule has 2 aromatic rings. The van der Waals surface area contributed by atoms with Crippen LogP contribution in [0.2, 0.25) is 0 Å². The molecule has 150 valence electrons. The number of benzene rings is 2. The van der Waals surface area contributed by atoms with Gasteiger partial charge in [0.25, 0.3) is 0 Å². The summed E-state index contributed by atoms with van der Waals surface area (Å²) in [6.07, 6.45) is 0. The molecule has 0 spiro atoms. The molecule has 0 amide bonds. The number of carbonyl (C=O) groups is 1. The van der Waals surface area contributed by atoms with Crippen molar-refractivity contribution in [1.82, 2.24) is 5.32 Å². The highest BCUT2D eigenvalue weighted by Crippen LogP contribution is 2.32. The number of para-hydroxylation sites is 1. The van der Waals surface area contributed by atoms with Crippen molar-refractivity contribution in [1.29, 1.82) is 0 Å². The summed E-state index contributed by atoms with van der Waals surface area (Å²) in [4.78, 5) is 14.4. The summed E-state index contributed by atoms with van der Waals surface area (Å²) in [5, 5.41) is 3.13. The van der Waals surface area contributed by atoms with Crippen molar-refractivity contribution in [2.75, 3.05) is 38.3 Å². The molecule has 8 heteroatoms. The summed E-state index contributed by atoms with van der Waals surface area (Å²) >= 11 is 0. The minimum atomic E-state index is -3.76. The molecule has 0 radical (unpaired) electrons. The van der Waals surface area contributed by atoms with Gasteiger partial charge in [0.2, 0.25) is 9.84 Å². The summed E-state index contributed by atoms with van der Waals surface area (Å²) in [5.41, 5.74) is 0.570. The van der Waals surface area contributed by atoms with Crippen LogP contribution in [0.15, 0.2) is 58.3 Å². The maximum Gasteiger partial charge on any atom is 0.324 e. The van der Waals surface area contributed by atoms with Crippen LogP contribution in [0.4, 0.5) is 5.69 Å². The first-order chi connectivity index (χ1) is 13.5. The van der Waals surface area contributed by atoms with Gasteiger partial charge in [-0.1, -0.05) is 18.2 Å². The van der Waals surface area contributed by atoms with E-state index in [0.717, 1.165) is 0 Å². The standard InChI is InChI=1S/C20H24N2O5S/c1-3-27-20(23)17-14-22(12-11-21-17)18-9-4-5-10-19(18)28(24,25)16-8-6-7-15(13-16)26-2/h4-10,13,17,21H,3,11-12,14H2,1-2H3. The monoisotopic (exact) mass is 404 g/mol. The number of piperazine rings is 1. The van der Waals surface area contributed by atoms with E-state index in [0.29, 0.717) is 37.7 Å². The third kappa shape index (κ3) is 4.13. The number of hydrogen-bond donors (Lipinski definition) is 1. The number of ether oxygens (including phenoxy) is 2. The number of nitrogens with zero attached hydrogens (tertiary/aromatic N) is 1. The smallest absolute Gasteiger partial charge is 0.324 e. The Bertz CT molecular complexity index is 945. The minimum Gasteiger partial charge on any atom is -0.497 e. The Morgan fingerprint density at radius 3 is 2.75 bits per heavy atom. The Kier molecular flexibility index (Phi) is 6.21. The molecule has 3 rings (SSSR count). The van der Waals surface area contributed by atoms with Gasteiger partial charge in [0.15, 0.2) is 0 Å². The third-order valence-electron chi connectivity index (χ3n) is 4.59. The van der Waals surface area contributed by atoms with E-state index in [1.165, 1.54) is 13.2 Å². The molecule has 0 bridgehead atoms. The molecule has 1 saturated heterocycles. The van der Waals surface area contributed by atoms with E-state index in [1.807, 2.05) is 4.90 Å². The molecular weight excluding hydrogens is 380 g/mol. The van der Waals surface area contributed by atoms with E-state index in [9.17, 15) is 13.2 Å². The highest BCUT2D eigenvalue weighted by Gasteiger charge is 2.30. The lowest BCUT2D eigenvalue weighted by Gasteiger charge is -2.35. The quantitative estimate of drug-likeness (QED) is 0.736. The molecule has 1 atom stereocenters. The Labute approximate surface area is 165 Å². The molecular formula is C20H24N2O5S. The first-order valence-corrected chi connectivity index (χ1v) is 10.6. The van der Waals surface area contributed by atoms with Gasteiger partial charge in [0.1, 0.15) is 11.8 Å². The van der Waals surface area contributed by atoms with Crippen LogP contribution in [0.3, 0.4) is 0 Å². The highest BCUT2D eigenvalue weighted by atomic mass is 32.2. The van der Waals surface area contributed by atoms with Gasteiger partial charge in [-0.3, -0.25) is 4.79 Å². The van der Waals surface area contributed by atoms with Crippen LogP contribution in [-0.4, -0.2) is 53.8 Å². The molecule has 0 saturated carbocycles. The fourth-order valence-corrected chi connectivity index (χ4v) is 4.72. The minimum absolute atomic E-state index is 0.163. The molecule has 7 nitrogen and oxygen atoms in total. The van der Waals surface area contributed by atoms with Gasteiger partial charge in [-0.2, -0.15) is 0 Å². The fraction of sp³-hybridized carbons (Fsp3) is 0.350. The lowest BCUT2D eigenvalue weighted by atomic mass is 10.2. The normalized spacial score (nSPS) is 17.2. The maximum absolute atomic E-state index is 13.3. The number of carbonyl (C=O) groups excluding carboxylic acids is 1. The van der Waals surface area contributed by atoms with Crippen molar-refractivity contribution in [3.63, 3.8) is 0 Å². The maximum atomic E-state index is 13.3. The van der Waals surface area contributed by atoms with E-state index in [2.05, 4.69) is 5.32 Å². The Hall–Kier alpha value is -2.58. The van der Waals surface area contributed by atoms with Gasteiger partial charge in [-0.25, -0.2) is 8.42 Å². The van der Waals surface area contributed by atoms with E-state index < -0.39 is 15.9 Å². The van der Waals surface area contributed by atoms with Crippen LogP contribution in [0.25, 0.3) is 0 Å². The lowest BCUT2D eigenvalue weighted by Crippen LogP contribution is -2.55. The largest absolute Gasteiger partial charge is 0.497 e. The second kappa shape index (κ2) is 8.62. The van der Waals surface area contributed by atoms with Crippen LogP contribution < -0.4 is 15.0 Å². The second-order valence-electron chi connectivity index (χ2n) is 6.35. The molecule has 2 aromatic carbocycles. The first kappa shape index (κ1) is 20.2. The molecule has 0 aromatic heterocycles. The third-order valence-corrected chi connectivity index (χ3v) is 6.39. The van der Waals surface area contributed by atoms with Gasteiger partial charge < -0.3 is 19.7 Å². The molecule has 1 heterocycles. The number of methoxy groups -OCH3 is 1.